The number of non-ortho nitro benzene ring substituents is 1. The standard InChI is InChI=1S/C19H15N5O3S2/c25-17(8-5-13-3-6-14(7-4-13)24(26)27)20-10-9-15-12-29-19-21-18(22-23(15)19)16-2-1-11-28-16/h1-8,11-12H,9-10H2,(H,20,25). The van der Waals surface area contributed by atoms with Gasteiger partial charge in [-0.3, -0.25) is 14.9 Å². The van der Waals surface area contributed by atoms with Gasteiger partial charge in [-0.15, -0.1) is 27.8 Å². The summed E-state index contributed by atoms with van der Waals surface area (Å²) in [6.07, 6.45) is 3.66. The van der Waals surface area contributed by atoms with Crippen LogP contribution in [0.4, 0.5) is 5.69 Å². The van der Waals surface area contributed by atoms with Gasteiger partial charge in [0.25, 0.3) is 5.69 Å². The number of aromatic nitrogens is 3. The number of rotatable bonds is 7. The number of thiophene rings is 1. The number of benzene rings is 1. The maximum absolute atomic E-state index is 12.0. The second kappa shape index (κ2) is 8.33. The van der Waals surface area contributed by atoms with Gasteiger partial charge in [0, 0.05) is 36.6 Å². The number of hydrogen-bond acceptors (Lipinski definition) is 7. The number of thiazole rings is 1. The average Bonchev–Trinajstić information content (AvgIpc) is 3.44. The molecule has 10 heteroatoms. The SMILES string of the molecule is O=C(C=Cc1ccc([N+](=O)[O-])cc1)NCCc1csc2nc(-c3cccs3)nn12. The molecule has 8 nitrogen and oxygen atoms in total. The van der Waals surface area contributed by atoms with E-state index >= 15 is 0 Å². The van der Waals surface area contributed by atoms with E-state index in [-0.39, 0.29) is 11.6 Å². The van der Waals surface area contributed by atoms with Crippen LogP contribution < -0.4 is 5.32 Å². The van der Waals surface area contributed by atoms with E-state index in [0.29, 0.717) is 24.4 Å². The molecule has 1 aromatic carbocycles. The van der Waals surface area contributed by atoms with Crippen molar-refractivity contribution in [2.24, 2.45) is 0 Å². The molecule has 0 fully saturated rings. The molecule has 0 aliphatic heterocycles. The lowest BCUT2D eigenvalue weighted by Crippen LogP contribution is -2.23. The van der Waals surface area contributed by atoms with E-state index in [9.17, 15) is 14.9 Å². The van der Waals surface area contributed by atoms with Gasteiger partial charge in [-0.25, -0.2) is 4.52 Å². The van der Waals surface area contributed by atoms with E-state index in [2.05, 4.69) is 15.4 Å². The van der Waals surface area contributed by atoms with Crippen LogP contribution in [0.15, 0.2) is 53.2 Å². The van der Waals surface area contributed by atoms with Gasteiger partial charge >= 0.3 is 0 Å². The predicted molar refractivity (Wildman–Crippen MR) is 113 cm³/mol. The van der Waals surface area contributed by atoms with Crippen molar-refractivity contribution in [3.8, 4) is 10.7 Å². The second-order valence-corrected chi connectivity index (χ2v) is 7.84. The Morgan fingerprint density at radius 2 is 2.07 bits per heavy atom. The van der Waals surface area contributed by atoms with Crippen molar-refractivity contribution in [2.75, 3.05) is 6.54 Å². The zero-order valence-corrected chi connectivity index (χ0v) is 16.7. The topological polar surface area (TPSA) is 102 Å². The molecule has 29 heavy (non-hydrogen) atoms. The first-order valence-corrected chi connectivity index (χ1v) is 10.4. The van der Waals surface area contributed by atoms with Crippen LogP contribution in [0.25, 0.3) is 21.7 Å². The van der Waals surface area contributed by atoms with E-state index in [1.165, 1.54) is 29.5 Å². The molecule has 0 saturated heterocycles. The zero-order valence-electron chi connectivity index (χ0n) is 15.0. The fraction of sp³-hybridized carbons (Fsp3) is 0.105. The van der Waals surface area contributed by atoms with Crippen LogP contribution in [0, 0.1) is 10.1 Å². The number of nitro benzene ring substituents is 1. The van der Waals surface area contributed by atoms with E-state index in [0.717, 1.165) is 15.5 Å². The van der Waals surface area contributed by atoms with Gasteiger partial charge < -0.3 is 5.32 Å². The highest BCUT2D eigenvalue weighted by molar-refractivity contribution is 7.15. The fourth-order valence-corrected chi connectivity index (χ4v) is 4.17. The highest BCUT2D eigenvalue weighted by Crippen LogP contribution is 2.24. The number of carbonyl (C=O) groups excluding carboxylic acids is 1. The number of nitrogens with zero attached hydrogens (tertiary/aromatic N) is 4. The molecule has 0 aliphatic carbocycles. The maximum atomic E-state index is 12.0. The van der Waals surface area contributed by atoms with E-state index in [1.54, 1.807) is 29.5 Å². The first-order chi connectivity index (χ1) is 14.1. The number of hydrogen-bond donors (Lipinski definition) is 1. The van der Waals surface area contributed by atoms with Crippen LogP contribution in [0.3, 0.4) is 0 Å². The van der Waals surface area contributed by atoms with Gasteiger partial charge in [-0.1, -0.05) is 6.07 Å². The first-order valence-electron chi connectivity index (χ1n) is 8.67. The number of carbonyl (C=O) groups is 1. The van der Waals surface area contributed by atoms with Crippen LogP contribution in [0.5, 0.6) is 0 Å². The quantitative estimate of drug-likeness (QED) is 0.276. The van der Waals surface area contributed by atoms with E-state index < -0.39 is 4.92 Å². The normalized spacial score (nSPS) is 11.3. The van der Waals surface area contributed by atoms with Crippen LogP contribution in [0.1, 0.15) is 11.3 Å². The average molecular weight is 425 g/mol. The lowest BCUT2D eigenvalue weighted by atomic mass is 10.2. The number of nitro groups is 1. The highest BCUT2D eigenvalue weighted by atomic mass is 32.1. The Labute approximate surface area is 173 Å². The molecule has 0 radical (unpaired) electrons. The molecular weight excluding hydrogens is 410 g/mol. The molecule has 3 heterocycles. The third kappa shape index (κ3) is 4.39. The Morgan fingerprint density at radius 1 is 1.24 bits per heavy atom. The number of nitrogens with one attached hydrogen (secondary N) is 1. The molecule has 0 bridgehead atoms. The largest absolute Gasteiger partial charge is 0.352 e. The summed E-state index contributed by atoms with van der Waals surface area (Å²) >= 11 is 3.12. The summed E-state index contributed by atoms with van der Waals surface area (Å²) in [7, 11) is 0. The molecule has 1 N–H and O–H groups in total. The molecule has 4 rings (SSSR count). The van der Waals surface area contributed by atoms with E-state index in [1.807, 2.05) is 27.4 Å². The molecule has 1 amide bonds. The zero-order chi connectivity index (χ0) is 20.2. The third-order valence-electron chi connectivity index (χ3n) is 4.10. The minimum Gasteiger partial charge on any atom is -0.352 e. The van der Waals surface area contributed by atoms with Gasteiger partial charge in [-0.2, -0.15) is 4.98 Å². The van der Waals surface area contributed by atoms with Crippen molar-refractivity contribution in [1.82, 2.24) is 19.9 Å². The highest BCUT2D eigenvalue weighted by Gasteiger charge is 2.12. The predicted octanol–water partition coefficient (Wildman–Crippen LogP) is 3.80. The van der Waals surface area contributed by atoms with Crippen molar-refractivity contribution in [3.05, 3.63) is 74.6 Å². The molecule has 0 saturated carbocycles. The van der Waals surface area contributed by atoms with Crippen LogP contribution in [0.2, 0.25) is 0 Å². The minimum absolute atomic E-state index is 0.0176. The summed E-state index contributed by atoms with van der Waals surface area (Å²) in [4.78, 5) is 28.6. The van der Waals surface area contributed by atoms with Crippen LogP contribution in [-0.4, -0.2) is 32.0 Å². The molecule has 4 aromatic rings. The fourth-order valence-electron chi connectivity index (χ4n) is 2.66. The summed E-state index contributed by atoms with van der Waals surface area (Å²) in [6.45, 7) is 0.462. The summed E-state index contributed by atoms with van der Waals surface area (Å²) < 4.78 is 1.82. The van der Waals surface area contributed by atoms with Crippen molar-refractivity contribution in [1.29, 1.82) is 0 Å². The smallest absolute Gasteiger partial charge is 0.269 e. The van der Waals surface area contributed by atoms with Gasteiger partial charge in [0.1, 0.15) is 0 Å². The number of amides is 1. The molecule has 0 aliphatic rings. The molecular formula is C19H15N5O3S2. The lowest BCUT2D eigenvalue weighted by molar-refractivity contribution is -0.384. The Bertz CT molecular complexity index is 1180. The summed E-state index contributed by atoms with van der Waals surface area (Å²) in [5.41, 5.74) is 1.72. The minimum atomic E-state index is -0.458. The second-order valence-electron chi connectivity index (χ2n) is 6.06. The van der Waals surface area contributed by atoms with Crippen molar-refractivity contribution >= 4 is 45.3 Å². The molecule has 0 atom stereocenters. The lowest BCUT2D eigenvalue weighted by Gasteiger charge is -2.01. The summed E-state index contributed by atoms with van der Waals surface area (Å²) in [5, 5.41) is 22.0. The first kappa shape index (κ1) is 19.0. The van der Waals surface area contributed by atoms with Crippen LogP contribution >= 0.6 is 22.7 Å². The molecule has 3 aromatic heterocycles. The molecule has 146 valence electrons. The number of fused-ring (bicyclic) bond motifs is 1. The van der Waals surface area contributed by atoms with Crippen molar-refractivity contribution in [2.45, 2.75) is 6.42 Å². The molecule has 0 spiro atoms. The van der Waals surface area contributed by atoms with Gasteiger partial charge in [-0.05, 0) is 35.2 Å². The van der Waals surface area contributed by atoms with Gasteiger partial charge in [0.05, 0.1) is 15.5 Å². The molecule has 0 unspecified atom stereocenters. The van der Waals surface area contributed by atoms with Crippen LogP contribution in [-0.2, 0) is 11.2 Å². The van der Waals surface area contributed by atoms with E-state index in [4.69, 9.17) is 0 Å². The van der Waals surface area contributed by atoms with Gasteiger partial charge in [0.15, 0.2) is 5.82 Å². The van der Waals surface area contributed by atoms with Gasteiger partial charge in [0.2, 0.25) is 10.9 Å². The summed E-state index contributed by atoms with van der Waals surface area (Å²) in [5.74, 6) is 0.482. The van der Waals surface area contributed by atoms with Crippen molar-refractivity contribution in [3.63, 3.8) is 0 Å². The Kier molecular flexibility index (Phi) is 5.45. The summed E-state index contributed by atoms with van der Waals surface area (Å²) in [6, 6.07) is 9.96. The Balaban J connectivity index is 1.32. The monoisotopic (exact) mass is 425 g/mol. The van der Waals surface area contributed by atoms with Crippen molar-refractivity contribution < 1.29 is 9.72 Å². The maximum Gasteiger partial charge on any atom is 0.269 e. The Hall–Kier alpha value is -3.37. The third-order valence-corrected chi connectivity index (χ3v) is 5.83. The Morgan fingerprint density at radius 3 is 2.79 bits per heavy atom.